The predicted molar refractivity (Wildman–Crippen MR) is 128 cm³/mol. The third-order valence-corrected chi connectivity index (χ3v) is 7.05. The van der Waals surface area contributed by atoms with Crippen molar-refractivity contribution >= 4 is 26.2 Å². The summed E-state index contributed by atoms with van der Waals surface area (Å²) in [6, 6.07) is 12.4. The Bertz CT molecular complexity index is 1070. The largest absolute Gasteiger partial charge is 0.465 e. The molecule has 194 valence electrons. The molecule has 0 fully saturated rings. The molecule has 0 heterocycles. The topological polar surface area (TPSA) is 140 Å². The number of carbonyl (C=O) groups excluding carboxylic acids is 1. The van der Waals surface area contributed by atoms with Crippen molar-refractivity contribution in [3.8, 4) is 0 Å². The van der Waals surface area contributed by atoms with E-state index >= 15 is 0 Å². The molecule has 0 saturated carbocycles. The second-order valence-electron chi connectivity index (χ2n) is 7.57. The first-order valence-electron chi connectivity index (χ1n) is 10.9. The van der Waals surface area contributed by atoms with Crippen LogP contribution in [0.5, 0.6) is 0 Å². The molecule has 2 N–H and O–H groups in total. The van der Waals surface area contributed by atoms with Crippen molar-refractivity contribution in [2.45, 2.75) is 30.6 Å². The Hall–Kier alpha value is -2.39. The normalized spacial score (nSPS) is 12.1. The zero-order chi connectivity index (χ0) is 25.9. The molecule has 0 bridgehead atoms. The fraction of sp³-hybridized carbons (Fsp3) is 0.409. The number of rotatable bonds is 15. The van der Waals surface area contributed by atoms with Crippen LogP contribution in [0.2, 0.25) is 0 Å². The number of nitrogens with one attached hydrogen (secondary N) is 2. The fourth-order valence-electron chi connectivity index (χ4n) is 2.81. The lowest BCUT2D eigenvalue weighted by Crippen LogP contribution is -2.41. The molecule has 0 radical (unpaired) electrons. The van der Waals surface area contributed by atoms with Crippen molar-refractivity contribution in [3.63, 3.8) is 0 Å². The van der Waals surface area contributed by atoms with Crippen LogP contribution in [0.4, 0.5) is 0 Å². The standard InChI is InChI=1S/C22H31N3O8S2/c1-4-31-22(26)17-25(15-13-23-32-34(27,28)20-9-5-18(2)6-10-20)16-14-24-33-35(29,30)21-11-7-19(3)8-12-21/h5-12,23-24H,4,13-17H2,1-3H3. The first kappa shape index (κ1) is 28.8. The van der Waals surface area contributed by atoms with E-state index in [2.05, 4.69) is 11.0 Å². The number of esters is 1. The first-order valence-corrected chi connectivity index (χ1v) is 13.7. The number of hydrogen-bond donors (Lipinski definition) is 2. The lowest BCUT2D eigenvalue weighted by atomic mass is 10.2. The van der Waals surface area contributed by atoms with Crippen LogP contribution in [0, 0.1) is 13.8 Å². The summed E-state index contributed by atoms with van der Waals surface area (Å²) in [6.45, 7) is 6.00. The number of ether oxygens (including phenoxy) is 1. The Labute approximate surface area is 206 Å². The Morgan fingerprint density at radius 2 is 1.17 bits per heavy atom. The Morgan fingerprint density at radius 3 is 1.54 bits per heavy atom. The van der Waals surface area contributed by atoms with Gasteiger partial charge in [0.25, 0.3) is 0 Å². The molecule has 0 aliphatic heterocycles. The van der Waals surface area contributed by atoms with Gasteiger partial charge >= 0.3 is 26.2 Å². The monoisotopic (exact) mass is 529 g/mol. The van der Waals surface area contributed by atoms with Crippen molar-refractivity contribution in [3.05, 3.63) is 59.7 Å². The van der Waals surface area contributed by atoms with Crippen LogP contribution >= 0.6 is 0 Å². The lowest BCUT2D eigenvalue weighted by Gasteiger charge is -2.21. The summed E-state index contributed by atoms with van der Waals surface area (Å²) in [5, 5.41) is 0. The molecular formula is C22H31N3O8S2. The molecule has 0 aliphatic carbocycles. The van der Waals surface area contributed by atoms with Crippen molar-refractivity contribution in [1.82, 2.24) is 15.9 Å². The molecule has 2 aromatic carbocycles. The Morgan fingerprint density at radius 1 is 0.771 bits per heavy atom. The second-order valence-corrected chi connectivity index (χ2v) is 10.7. The minimum Gasteiger partial charge on any atom is -0.465 e. The molecule has 0 atom stereocenters. The molecular weight excluding hydrogens is 498 g/mol. The van der Waals surface area contributed by atoms with Gasteiger partial charge < -0.3 is 4.74 Å². The van der Waals surface area contributed by atoms with Crippen LogP contribution in [0.15, 0.2) is 58.3 Å². The van der Waals surface area contributed by atoms with Gasteiger partial charge in [-0.1, -0.05) is 35.4 Å². The molecule has 0 amide bonds. The van der Waals surface area contributed by atoms with Gasteiger partial charge in [-0.3, -0.25) is 9.69 Å². The average Bonchev–Trinajstić information content (AvgIpc) is 2.80. The number of hydrogen-bond acceptors (Lipinski definition) is 11. The van der Waals surface area contributed by atoms with E-state index in [-0.39, 0.29) is 49.1 Å². The SMILES string of the molecule is CCOC(=O)CN(CCNOS(=O)(=O)c1ccc(C)cc1)CCNOS(=O)(=O)c1ccc(C)cc1. The van der Waals surface area contributed by atoms with E-state index in [4.69, 9.17) is 13.3 Å². The molecule has 0 saturated heterocycles. The molecule has 2 aromatic rings. The molecule has 2 rings (SSSR count). The molecule has 35 heavy (non-hydrogen) atoms. The summed E-state index contributed by atoms with van der Waals surface area (Å²) in [5.74, 6) is -0.478. The van der Waals surface area contributed by atoms with Gasteiger partial charge in [-0.15, -0.1) is 0 Å². The molecule has 11 nitrogen and oxygen atoms in total. The maximum absolute atomic E-state index is 12.2. The minimum atomic E-state index is -3.99. The summed E-state index contributed by atoms with van der Waals surface area (Å²) in [4.78, 5) is 13.5. The van der Waals surface area contributed by atoms with Crippen molar-refractivity contribution in [2.75, 3.05) is 39.3 Å². The molecule has 13 heteroatoms. The minimum absolute atomic E-state index is 0.00937. The van der Waals surface area contributed by atoms with Crippen LogP contribution in [-0.4, -0.2) is 67.0 Å². The average molecular weight is 530 g/mol. The van der Waals surface area contributed by atoms with Crippen molar-refractivity contribution < 1.29 is 34.9 Å². The van der Waals surface area contributed by atoms with Crippen LogP contribution in [0.25, 0.3) is 0 Å². The van der Waals surface area contributed by atoms with Crippen LogP contribution < -0.4 is 11.0 Å². The number of aryl methyl sites for hydroxylation is 2. The third kappa shape index (κ3) is 10.0. The maximum Gasteiger partial charge on any atom is 0.320 e. The fourth-order valence-corrected chi connectivity index (χ4v) is 4.42. The number of nitrogens with zero attached hydrogens (tertiary/aromatic N) is 1. The van der Waals surface area contributed by atoms with Gasteiger partial charge in [0, 0.05) is 26.2 Å². The summed E-state index contributed by atoms with van der Waals surface area (Å²) in [5.41, 5.74) is 6.60. The van der Waals surface area contributed by atoms with Gasteiger partial charge in [0.2, 0.25) is 0 Å². The number of carbonyl (C=O) groups is 1. The van der Waals surface area contributed by atoms with E-state index in [1.165, 1.54) is 24.3 Å². The van der Waals surface area contributed by atoms with Gasteiger partial charge in [-0.05, 0) is 45.0 Å². The summed E-state index contributed by atoms with van der Waals surface area (Å²) >= 11 is 0. The lowest BCUT2D eigenvalue weighted by molar-refractivity contribution is -0.144. The quantitative estimate of drug-likeness (QED) is 0.196. The number of hydroxylamine groups is 2. The first-order chi connectivity index (χ1) is 16.5. The highest BCUT2D eigenvalue weighted by molar-refractivity contribution is 7.87. The van der Waals surface area contributed by atoms with Crippen LogP contribution in [0.3, 0.4) is 0 Å². The highest BCUT2D eigenvalue weighted by Crippen LogP contribution is 2.13. The number of benzene rings is 2. The van der Waals surface area contributed by atoms with Crippen LogP contribution in [0.1, 0.15) is 18.1 Å². The third-order valence-electron chi connectivity index (χ3n) is 4.67. The van der Waals surface area contributed by atoms with Gasteiger partial charge in [0.15, 0.2) is 0 Å². The molecule has 0 unspecified atom stereocenters. The van der Waals surface area contributed by atoms with E-state index in [1.807, 2.05) is 13.8 Å². The summed E-state index contributed by atoms with van der Waals surface area (Å²) in [6.07, 6.45) is 0. The van der Waals surface area contributed by atoms with Gasteiger partial charge in [0.05, 0.1) is 22.9 Å². The molecule has 0 aliphatic rings. The van der Waals surface area contributed by atoms with E-state index in [0.29, 0.717) is 0 Å². The second kappa shape index (κ2) is 13.6. The highest BCUT2D eigenvalue weighted by Gasteiger charge is 2.18. The van der Waals surface area contributed by atoms with Crippen LogP contribution in [-0.2, 0) is 38.3 Å². The zero-order valence-electron chi connectivity index (χ0n) is 19.9. The summed E-state index contributed by atoms with van der Waals surface area (Å²) < 4.78 is 63.6. The van der Waals surface area contributed by atoms with E-state index < -0.39 is 26.2 Å². The molecule has 0 spiro atoms. The highest BCUT2D eigenvalue weighted by atomic mass is 32.2. The predicted octanol–water partition coefficient (Wildman–Crippen LogP) is 1.29. The van der Waals surface area contributed by atoms with Gasteiger partial charge in [-0.2, -0.15) is 36.4 Å². The molecule has 0 aromatic heterocycles. The van der Waals surface area contributed by atoms with E-state index in [0.717, 1.165) is 11.1 Å². The van der Waals surface area contributed by atoms with Crippen molar-refractivity contribution in [1.29, 1.82) is 0 Å². The summed E-state index contributed by atoms with van der Waals surface area (Å²) in [7, 11) is -7.99. The van der Waals surface area contributed by atoms with Crippen molar-refractivity contribution in [2.24, 2.45) is 0 Å². The smallest absolute Gasteiger partial charge is 0.320 e. The van der Waals surface area contributed by atoms with E-state index in [1.54, 1.807) is 36.1 Å². The maximum atomic E-state index is 12.2. The van der Waals surface area contributed by atoms with Gasteiger partial charge in [-0.25, -0.2) is 0 Å². The van der Waals surface area contributed by atoms with Gasteiger partial charge in [0.1, 0.15) is 0 Å². The Balaban J connectivity index is 1.84. The zero-order valence-corrected chi connectivity index (χ0v) is 21.5. The van der Waals surface area contributed by atoms with E-state index in [9.17, 15) is 21.6 Å². The Kier molecular flexibility index (Phi) is 11.2.